The molecule has 3 rings (SSSR count). The maximum Gasteiger partial charge on any atom is 0.356 e. The average molecular weight is 310 g/mol. The molecule has 0 N–H and O–H groups in total. The molecule has 23 heavy (non-hydrogen) atoms. The number of methoxy groups -OCH3 is 1. The highest BCUT2D eigenvalue weighted by molar-refractivity contribution is 5.93. The molecule has 0 bridgehead atoms. The van der Waals surface area contributed by atoms with Gasteiger partial charge in [0.25, 0.3) is 0 Å². The number of benzene rings is 1. The van der Waals surface area contributed by atoms with Gasteiger partial charge in [-0.2, -0.15) is 0 Å². The number of aromatic nitrogens is 2. The maximum atomic E-state index is 12.2. The standard InChI is InChI=1S/C18H18N2O3/c1-10-7-5-6-8-13(10)9-14-11(2)17-15(12(3)20-23-17)19-16(14)18(21)22-4/h5-8H,9H2,1-4H3. The smallest absolute Gasteiger partial charge is 0.356 e. The topological polar surface area (TPSA) is 65.2 Å². The van der Waals surface area contributed by atoms with E-state index in [4.69, 9.17) is 9.26 Å². The van der Waals surface area contributed by atoms with Crippen LogP contribution in [0.5, 0.6) is 0 Å². The normalized spacial score (nSPS) is 11.0. The molecule has 0 aliphatic rings. The van der Waals surface area contributed by atoms with Crippen LogP contribution in [0.1, 0.15) is 38.4 Å². The summed E-state index contributed by atoms with van der Waals surface area (Å²) in [5.41, 5.74) is 6.21. The molecule has 0 spiro atoms. The summed E-state index contributed by atoms with van der Waals surface area (Å²) in [5, 5.41) is 3.96. The van der Waals surface area contributed by atoms with E-state index in [1.807, 2.05) is 38.1 Å². The number of aryl methyl sites for hydroxylation is 3. The van der Waals surface area contributed by atoms with Gasteiger partial charge in [-0.25, -0.2) is 9.78 Å². The van der Waals surface area contributed by atoms with Gasteiger partial charge in [-0.3, -0.25) is 0 Å². The van der Waals surface area contributed by atoms with Gasteiger partial charge in [0.1, 0.15) is 11.2 Å². The van der Waals surface area contributed by atoms with Crippen molar-refractivity contribution in [2.45, 2.75) is 27.2 Å². The Kier molecular flexibility index (Phi) is 3.86. The zero-order valence-corrected chi connectivity index (χ0v) is 13.6. The second-order valence-corrected chi connectivity index (χ2v) is 5.60. The van der Waals surface area contributed by atoms with E-state index >= 15 is 0 Å². The van der Waals surface area contributed by atoms with E-state index in [0.717, 1.165) is 22.3 Å². The SMILES string of the molecule is COC(=O)c1nc2c(C)noc2c(C)c1Cc1ccccc1C. The van der Waals surface area contributed by atoms with Crippen LogP contribution in [0.2, 0.25) is 0 Å². The molecule has 0 saturated heterocycles. The molecule has 0 aliphatic carbocycles. The van der Waals surface area contributed by atoms with E-state index in [1.165, 1.54) is 7.11 Å². The van der Waals surface area contributed by atoms with Crippen LogP contribution in [0.4, 0.5) is 0 Å². The Balaban J connectivity index is 2.23. The molecule has 0 aliphatic heterocycles. The van der Waals surface area contributed by atoms with E-state index in [-0.39, 0.29) is 0 Å². The highest BCUT2D eigenvalue weighted by Gasteiger charge is 2.22. The van der Waals surface area contributed by atoms with Gasteiger partial charge in [-0.05, 0) is 37.5 Å². The summed E-state index contributed by atoms with van der Waals surface area (Å²) in [6.45, 7) is 5.78. The zero-order valence-electron chi connectivity index (χ0n) is 13.6. The van der Waals surface area contributed by atoms with Crippen molar-refractivity contribution in [2.24, 2.45) is 0 Å². The van der Waals surface area contributed by atoms with E-state index in [2.05, 4.69) is 10.1 Å². The fourth-order valence-electron chi connectivity index (χ4n) is 2.72. The van der Waals surface area contributed by atoms with Crippen LogP contribution >= 0.6 is 0 Å². The summed E-state index contributed by atoms with van der Waals surface area (Å²) < 4.78 is 10.3. The van der Waals surface area contributed by atoms with Crippen LogP contribution in [0.25, 0.3) is 11.1 Å². The first-order chi connectivity index (χ1) is 11.0. The molecule has 0 radical (unpaired) electrons. The maximum absolute atomic E-state index is 12.2. The van der Waals surface area contributed by atoms with Crippen LogP contribution in [0.3, 0.4) is 0 Å². The second kappa shape index (κ2) is 5.83. The van der Waals surface area contributed by atoms with Crippen LogP contribution in [0.15, 0.2) is 28.8 Å². The number of carbonyl (C=O) groups is 1. The van der Waals surface area contributed by atoms with Crippen molar-refractivity contribution in [2.75, 3.05) is 7.11 Å². The van der Waals surface area contributed by atoms with Crippen molar-refractivity contribution < 1.29 is 14.1 Å². The van der Waals surface area contributed by atoms with Gasteiger partial charge < -0.3 is 9.26 Å². The Morgan fingerprint density at radius 2 is 1.96 bits per heavy atom. The summed E-state index contributed by atoms with van der Waals surface area (Å²) in [4.78, 5) is 16.7. The third-order valence-corrected chi connectivity index (χ3v) is 4.14. The summed E-state index contributed by atoms with van der Waals surface area (Å²) in [5.74, 6) is -0.445. The lowest BCUT2D eigenvalue weighted by Crippen LogP contribution is -2.11. The quantitative estimate of drug-likeness (QED) is 0.692. The number of ether oxygens (including phenoxy) is 1. The molecule has 0 unspecified atom stereocenters. The number of pyridine rings is 1. The molecular formula is C18H18N2O3. The Morgan fingerprint density at radius 1 is 1.22 bits per heavy atom. The predicted molar refractivity (Wildman–Crippen MR) is 86.6 cm³/mol. The molecule has 0 atom stereocenters. The lowest BCUT2D eigenvalue weighted by molar-refractivity contribution is 0.0593. The van der Waals surface area contributed by atoms with Gasteiger partial charge in [0.15, 0.2) is 11.3 Å². The van der Waals surface area contributed by atoms with Crippen molar-refractivity contribution in [3.63, 3.8) is 0 Å². The summed E-state index contributed by atoms with van der Waals surface area (Å²) in [7, 11) is 1.36. The Morgan fingerprint density at radius 3 is 2.65 bits per heavy atom. The van der Waals surface area contributed by atoms with Crippen LogP contribution < -0.4 is 0 Å². The summed E-state index contributed by atoms with van der Waals surface area (Å²) in [6.07, 6.45) is 0.589. The number of hydrogen-bond acceptors (Lipinski definition) is 5. The lowest BCUT2D eigenvalue weighted by atomic mass is 9.95. The van der Waals surface area contributed by atoms with Gasteiger partial charge in [-0.15, -0.1) is 0 Å². The monoisotopic (exact) mass is 310 g/mol. The minimum Gasteiger partial charge on any atom is -0.464 e. The molecule has 3 aromatic rings. The Hall–Kier alpha value is -2.69. The fraction of sp³-hybridized carbons (Fsp3) is 0.278. The Bertz CT molecular complexity index is 897. The number of carbonyl (C=O) groups excluding carboxylic acids is 1. The number of fused-ring (bicyclic) bond motifs is 1. The third kappa shape index (κ3) is 2.59. The second-order valence-electron chi connectivity index (χ2n) is 5.60. The number of hydrogen-bond donors (Lipinski definition) is 0. The molecule has 0 amide bonds. The molecule has 0 saturated carbocycles. The van der Waals surface area contributed by atoms with Crippen molar-refractivity contribution in [1.29, 1.82) is 0 Å². The molecule has 5 nitrogen and oxygen atoms in total. The molecule has 2 aromatic heterocycles. The van der Waals surface area contributed by atoms with Gasteiger partial charge in [-0.1, -0.05) is 29.4 Å². The van der Waals surface area contributed by atoms with Crippen LogP contribution in [0, 0.1) is 20.8 Å². The molecule has 5 heteroatoms. The highest BCUT2D eigenvalue weighted by atomic mass is 16.5. The van der Waals surface area contributed by atoms with Gasteiger partial charge in [0.2, 0.25) is 0 Å². The highest BCUT2D eigenvalue weighted by Crippen LogP contribution is 2.28. The van der Waals surface area contributed by atoms with Gasteiger partial charge in [0, 0.05) is 12.0 Å². The van der Waals surface area contributed by atoms with Gasteiger partial charge in [0.05, 0.1) is 7.11 Å². The molecular weight excluding hydrogens is 292 g/mol. The first-order valence-electron chi connectivity index (χ1n) is 7.41. The first-order valence-corrected chi connectivity index (χ1v) is 7.41. The molecule has 118 valence electrons. The van der Waals surface area contributed by atoms with Crippen molar-refractivity contribution in [1.82, 2.24) is 10.1 Å². The largest absolute Gasteiger partial charge is 0.464 e. The van der Waals surface area contributed by atoms with E-state index in [1.54, 1.807) is 6.92 Å². The van der Waals surface area contributed by atoms with E-state index < -0.39 is 5.97 Å². The predicted octanol–water partition coefficient (Wildman–Crippen LogP) is 3.53. The number of nitrogens with zero attached hydrogens (tertiary/aromatic N) is 2. The third-order valence-electron chi connectivity index (χ3n) is 4.14. The van der Waals surface area contributed by atoms with E-state index in [9.17, 15) is 4.79 Å². The average Bonchev–Trinajstić information content (AvgIpc) is 2.92. The zero-order chi connectivity index (χ0) is 16.6. The number of rotatable bonds is 3. The number of esters is 1. The van der Waals surface area contributed by atoms with Gasteiger partial charge >= 0.3 is 5.97 Å². The minimum atomic E-state index is -0.445. The summed E-state index contributed by atoms with van der Waals surface area (Å²) >= 11 is 0. The fourth-order valence-corrected chi connectivity index (χ4v) is 2.72. The summed E-state index contributed by atoms with van der Waals surface area (Å²) in [6, 6.07) is 8.08. The van der Waals surface area contributed by atoms with Crippen molar-refractivity contribution in [3.8, 4) is 0 Å². The van der Waals surface area contributed by atoms with Crippen LogP contribution in [-0.2, 0) is 11.2 Å². The van der Waals surface area contributed by atoms with Crippen molar-refractivity contribution in [3.05, 3.63) is 57.9 Å². The molecule has 0 fully saturated rings. The lowest BCUT2D eigenvalue weighted by Gasteiger charge is -2.12. The first kappa shape index (κ1) is 15.2. The molecule has 2 heterocycles. The Labute approximate surface area is 134 Å². The molecule has 1 aromatic carbocycles. The minimum absolute atomic E-state index is 0.326. The van der Waals surface area contributed by atoms with E-state index in [0.29, 0.717) is 28.9 Å². The van der Waals surface area contributed by atoms with Crippen molar-refractivity contribution >= 4 is 17.1 Å². The van der Waals surface area contributed by atoms with Crippen LogP contribution in [-0.4, -0.2) is 23.2 Å².